The SMILES string of the molecule is NCCc1cccc(Br)c1OCC1CCOCC1. The topological polar surface area (TPSA) is 44.5 Å². The molecule has 1 fully saturated rings. The van der Waals surface area contributed by atoms with E-state index in [1.807, 2.05) is 12.1 Å². The third kappa shape index (κ3) is 3.70. The number of ether oxygens (including phenoxy) is 2. The van der Waals surface area contributed by atoms with Gasteiger partial charge in [-0.1, -0.05) is 12.1 Å². The van der Waals surface area contributed by atoms with Crippen molar-refractivity contribution in [1.29, 1.82) is 0 Å². The second-order valence-electron chi connectivity index (χ2n) is 4.63. The van der Waals surface area contributed by atoms with Crippen molar-refractivity contribution in [3.8, 4) is 5.75 Å². The van der Waals surface area contributed by atoms with Crippen molar-refractivity contribution in [3.05, 3.63) is 28.2 Å². The highest BCUT2D eigenvalue weighted by atomic mass is 79.9. The number of benzene rings is 1. The molecule has 1 aliphatic rings. The van der Waals surface area contributed by atoms with Crippen LogP contribution in [0.3, 0.4) is 0 Å². The van der Waals surface area contributed by atoms with E-state index in [2.05, 4.69) is 22.0 Å². The summed E-state index contributed by atoms with van der Waals surface area (Å²) < 4.78 is 12.4. The van der Waals surface area contributed by atoms with Crippen LogP contribution in [0.2, 0.25) is 0 Å². The Morgan fingerprint density at radius 1 is 1.33 bits per heavy atom. The first-order valence-corrected chi connectivity index (χ1v) is 7.28. The van der Waals surface area contributed by atoms with Crippen molar-refractivity contribution in [2.45, 2.75) is 19.3 Å². The lowest BCUT2D eigenvalue weighted by Crippen LogP contribution is -2.22. The molecule has 1 heterocycles. The van der Waals surface area contributed by atoms with Crippen molar-refractivity contribution in [2.24, 2.45) is 11.7 Å². The lowest BCUT2D eigenvalue weighted by atomic mass is 10.0. The maximum Gasteiger partial charge on any atom is 0.136 e. The summed E-state index contributed by atoms with van der Waals surface area (Å²) >= 11 is 3.55. The van der Waals surface area contributed by atoms with Gasteiger partial charge in [0.05, 0.1) is 11.1 Å². The van der Waals surface area contributed by atoms with Gasteiger partial charge in [0.15, 0.2) is 0 Å². The molecular formula is C14H20BrNO2. The first-order valence-electron chi connectivity index (χ1n) is 6.49. The van der Waals surface area contributed by atoms with E-state index in [-0.39, 0.29) is 0 Å². The van der Waals surface area contributed by atoms with Crippen LogP contribution in [-0.4, -0.2) is 26.4 Å². The Morgan fingerprint density at radius 3 is 2.83 bits per heavy atom. The van der Waals surface area contributed by atoms with Gasteiger partial charge in [-0.05, 0) is 59.3 Å². The molecule has 100 valence electrons. The van der Waals surface area contributed by atoms with Crippen LogP contribution < -0.4 is 10.5 Å². The fourth-order valence-corrected chi connectivity index (χ4v) is 2.70. The zero-order valence-corrected chi connectivity index (χ0v) is 12.1. The molecule has 0 bridgehead atoms. The lowest BCUT2D eigenvalue weighted by molar-refractivity contribution is 0.0495. The van der Waals surface area contributed by atoms with Crippen molar-refractivity contribution >= 4 is 15.9 Å². The molecule has 2 rings (SSSR count). The molecule has 0 saturated carbocycles. The summed E-state index contributed by atoms with van der Waals surface area (Å²) in [6, 6.07) is 6.12. The standard InChI is InChI=1S/C14H20BrNO2/c15-13-3-1-2-12(4-7-16)14(13)18-10-11-5-8-17-9-6-11/h1-3,11H,4-10,16H2. The Bertz CT molecular complexity index is 378. The number of nitrogens with two attached hydrogens (primary N) is 1. The van der Waals surface area contributed by atoms with E-state index >= 15 is 0 Å². The fourth-order valence-electron chi connectivity index (χ4n) is 2.18. The molecule has 2 N–H and O–H groups in total. The molecule has 3 nitrogen and oxygen atoms in total. The third-order valence-electron chi connectivity index (χ3n) is 3.27. The van der Waals surface area contributed by atoms with Gasteiger partial charge in [-0.3, -0.25) is 0 Å². The molecular weight excluding hydrogens is 294 g/mol. The predicted molar refractivity (Wildman–Crippen MR) is 75.9 cm³/mol. The molecule has 4 heteroatoms. The molecule has 1 aromatic carbocycles. The Hall–Kier alpha value is -0.580. The quantitative estimate of drug-likeness (QED) is 0.909. The minimum absolute atomic E-state index is 0.608. The highest BCUT2D eigenvalue weighted by Crippen LogP contribution is 2.30. The van der Waals surface area contributed by atoms with Gasteiger partial charge in [-0.25, -0.2) is 0 Å². The van der Waals surface area contributed by atoms with Gasteiger partial charge in [0, 0.05) is 13.2 Å². The molecule has 18 heavy (non-hydrogen) atoms. The summed E-state index contributed by atoms with van der Waals surface area (Å²) in [4.78, 5) is 0. The van der Waals surface area contributed by atoms with Crippen molar-refractivity contribution in [2.75, 3.05) is 26.4 Å². The summed E-state index contributed by atoms with van der Waals surface area (Å²) in [5, 5.41) is 0. The predicted octanol–water partition coefficient (Wildman–Crippen LogP) is 2.76. The smallest absolute Gasteiger partial charge is 0.136 e. The number of hydrogen-bond donors (Lipinski definition) is 1. The summed E-state index contributed by atoms with van der Waals surface area (Å²) in [5.74, 6) is 1.56. The summed E-state index contributed by atoms with van der Waals surface area (Å²) in [6.45, 7) is 3.13. The molecule has 0 radical (unpaired) electrons. The highest BCUT2D eigenvalue weighted by Gasteiger charge is 2.16. The van der Waals surface area contributed by atoms with E-state index in [9.17, 15) is 0 Å². The van der Waals surface area contributed by atoms with Crippen molar-refractivity contribution in [1.82, 2.24) is 0 Å². The first kappa shape index (κ1) is 13.8. The third-order valence-corrected chi connectivity index (χ3v) is 3.89. The molecule has 1 saturated heterocycles. The summed E-state index contributed by atoms with van der Waals surface area (Å²) in [6.07, 6.45) is 3.04. The van der Waals surface area contributed by atoms with E-state index < -0.39 is 0 Å². The second kappa shape index (κ2) is 7.12. The Balaban J connectivity index is 1.98. The van der Waals surface area contributed by atoms with Crippen LogP contribution in [0.25, 0.3) is 0 Å². The molecule has 0 unspecified atom stereocenters. The molecule has 0 aromatic heterocycles. The van der Waals surface area contributed by atoms with Crippen LogP contribution in [0, 0.1) is 5.92 Å². The van der Waals surface area contributed by atoms with Crippen LogP contribution in [0.15, 0.2) is 22.7 Å². The monoisotopic (exact) mass is 313 g/mol. The van der Waals surface area contributed by atoms with Crippen LogP contribution >= 0.6 is 15.9 Å². The molecule has 0 amide bonds. The second-order valence-corrected chi connectivity index (χ2v) is 5.49. The number of para-hydroxylation sites is 1. The van der Waals surface area contributed by atoms with Gasteiger partial charge in [-0.15, -0.1) is 0 Å². The average Bonchev–Trinajstić information content (AvgIpc) is 2.40. The van der Waals surface area contributed by atoms with Crippen molar-refractivity contribution < 1.29 is 9.47 Å². The van der Waals surface area contributed by atoms with Crippen LogP contribution in [0.4, 0.5) is 0 Å². The van der Waals surface area contributed by atoms with Crippen LogP contribution in [0.5, 0.6) is 5.75 Å². The Labute approximate surface area is 117 Å². The van der Waals surface area contributed by atoms with E-state index in [4.69, 9.17) is 15.2 Å². The van der Waals surface area contributed by atoms with Gasteiger partial charge in [0.25, 0.3) is 0 Å². The van der Waals surface area contributed by atoms with E-state index in [1.54, 1.807) is 0 Å². The maximum atomic E-state index is 6.00. The minimum Gasteiger partial charge on any atom is -0.492 e. The fraction of sp³-hybridized carbons (Fsp3) is 0.571. The zero-order chi connectivity index (χ0) is 12.8. The van der Waals surface area contributed by atoms with Gasteiger partial charge in [0.2, 0.25) is 0 Å². The molecule has 0 atom stereocenters. The van der Waals surface area contributed by atoms with E-state index in [0.29, 0.717) is 12.5 Å². The average molecular weight is 314 g/mol. The van der Waals surface area contributed by atoms with Gasteiger partial charge in [0.1, 0.15) is 5.75 Å². The van der Waals surface area contributed by atoms with E-state index in [0.717, 1.165) is 49.3 Å². The zero-order valence-electron chi connectivity index (χ0n) is 10.5. The Morgan fingerprint density at radius 2 is 2.11 bits per heavy atom. The van der Waals surface area contributed by atoms with Gasteiger partial charge >= 0.3 is 0 Å². The maximum absolute atomic E-state index is 6.00. The summed E-state index contributed by atoms with van der Waals surface area (Å²) in [7, 11) is 0. The van der Waals surface area contributed by atoms with Crippen LogP contribution in [-0.2, 0) is 11.2 Å². The van der Waals surface area contributed by atoms with Crippen LogP contribution in [0.1, 0.15) is 18.4 Å². The van der Waals surface area contributed by atoms with Crippen molar-refractivity contribution in [3.63, 3.8) is 0 Å². The lowest BCUT2D eigenvalue weighted by Gasteiger charge is -2.23. The number of hydrogen-bond acceptors (Lipinski definition) is 3. The molecule has 0 spiro atoms. The van der Waals surface area contributed by atoms with Gasteiger partial charge in [-0.2, -0.15) is 0 Å². The molecule has 0 aliphatic carbocycles. The number of halogens is 1. The molecule has 1 aromatic rings. The summed E-state index contributed by atoms with van der Waals surface area (Å²) in [5.41, 5.74) is 6.81. The first-order chi connectivity index (χ1) is 8.81. The Kier molecular flexibility index (Phi) is 5.47. The molecule has 1 aliphatic heterocycles. The number of rotatable bonds is 5. The normalized spacial score (nSPS) is 16.8. The van der Waals surface area contributed by atoms with E-state index in [1.165, 1.54) is 5.56 Å². The minimum atomic E-state index is 0.608. The van der Waals surface area contributed by atoms with Gasteiger partial charge < -0.3 is 15.2 Å². The largest absolute Gasteiger partial charge is 0.492 e. The highest BCUT2D eigenvalue weighted by molar-refractivity contribution is 9.10.